The van der Waals surface area contributed by atoms with Crippen molar-refractivity contribution in [3.8, 4) is 0 Å². The van der Waals surface area contributed by atoms with E-state index in [-0.39, 0.29) is 5.97 Å². The van der Waals surface area contributed by atoms with E-state index in [4.69, 9.17) is 4.74 Å². The number of aromatic nitrogens is 1. The third-order valence-corrected chi connectivity index (χ3v) is 4.31. The Morgan fingerprint density at radius 3 is 2.39 bits per heavy atom. The minimum absolute atomic E-state index is 0.257. The van der Waals surface area contributed by atoms with E-state index in [1.807, 2.05) is 44.3 Å². The minimum Gasteiger partial charge on any atom is -0.462 e. The second-order valence-electron chi connectivity index (χ2n) is 5.69. The number of carbonyl (C=O) groups excluding carboxylic acids is 1. The summed E-state index contributed by atoms with van der Waals surface area (Å²) in [5.74, 6) is -0.257. The minimum atomic E-state index is -0.257. The Morgan fingerprint density at radius 1 is 1.00 bits per heavy atom. The van der Waals surface area contributed by atoms with E-state index >= 15 is 0 Å². The van der Waals surface area contributed by atoms with Crippen LogP contribution in [0.25, 0.3) is 27.2 Å². The van der Waals surface area contributed by atoms with Gasteiger partial charge in [-0.2, -0.15) is 0 Å². The first-order chi connectivity index (χ1) is 11.2. The van der Waals surface area contributed by atoms with Gasteiger partial charge in [0.05, 0.1) is 23.2 Å². The third kappa shape index (κ3) is 1.93. The van der Waals surface area contributed by atoms with E-state index in [1.165, 1.54) is 5.39 Å². The molecule has 4 rings (SSSR count). The molecule has 23 heavy (non-hydrogen) atoms. The Morgan fingerprint density at radius 2 is 1.65 bits per heavy atom. The summed E-state index contributed by atoms with van der Waals surface area (Å²) in [5, 5.41) is 3.41. The third-order valence-electron chi connectivity index (χ3n) is 4.31. The first kappa shape index (κ1) is 13.8. The molecule has 0 amide bonds. The number of nitrogens with zero attached hydrogens (tertiary/aromatic N) is 1. The number of pyridine rings is 1. The normalized spacial score (nSPS) is 11.4. The van der Waals surface area contributed by atoms with Gasteiger partial charge < -0.3 is 9.14 Å². The summed E-state index contributed by atoms with van der Waals surface area (Å²) in [4.78, 5) is 12.5. The lowest BCUT2D eigenvalue weighted by Gasteiger charge is -2.10. The highest BCUT2D eigenvalue weighted by Crippen LogP contribution is 2.33. The van der Waals surface area contributed by atoms with Gasteiger partial charge in [0.1, 0.15) is 0 Å². The zero-order chi connectivity index (χ0) is 16.0. The summed E-state index contributed by atoms with van der Waals surface area (Å²) >= 11 is 0. The Labute approximate surface area is 134 Å². The van der Waals surface area contributed by atoms with Gasteiger partial charge in [-0.1, -0.05) is 42.5 Å². The number of para-hydroxylation sites is 1. The number of ether oxygens (including phenoxy) is 1. The van der Waals surface area contributed by atoms with Crippen molar-refractivity contribution in [1.82, 2.24) is 4.40 Å². The second-order valence-corrected chi connectivity index (χ2v) is 5.69. The summed E-state index contributed by atoms with van der Waals surface area (Å²) in [7, 11) is 0. The van der Waals surface area contributed by atoms with Crippen LogP contribution in [0.4, 0.5) is 0 Å². The van der Waals surface area contributed by atoms with Crippen LogP contribution in [0.1, 0.15) is 22.8 Å². The van der Waals surface area contributed by atoms with Crippen LogP contribution < -0.4 is 0 Å². The van der Waals surface area contributed by atoms with E-state index in [1.54, 1.807) is 0 Å². The Kier molecular flexibility index (Phi) is 3.08. The second kappa shape index (κ2) is 5.13. The largest absolute Gasteiger partial charge is 0.462 e. The van der Waals surface area contributed by atoms with Gasteiger partial charge in [0.2, 0.25) is 0 Å². The highest BCUT2D eigenvalue weighted by Gasteiger charge is 2.20. The molecular weight excluding hydrogens is 286 g/mol. The summed E-state index contributed by atoms with van der Waals surface area (Å²) in [6, 6.07) is 16.5. The van der Waals surface area contributed by atoms with Gasteiger partial charge in [-0.05, 0) is 30.9 Å². The number of benzene rings is 2. The van der Waals surface area contributed by atoms with E-state index in [0.29, 0.717) is 12.2 Å². The Hall–Kier alpha value is -2.81. The number of esters is 1. The molecule has 0 atom stereocenters. The molecule has 2 aromatic heterocycles. The summed E-state index contributed by atoms with van der Waals surface area (Å²) in [6.07, 6.45) is 2.02. The maximum absolute atomic E-state index is 12.5. The van der Waals surface area contributed by atoms with Gasteiger partial charge in [0, 0.05) is 17.0 Å². The van der Waals surface area contributed by atoms with Gasteiger partial charge >= 0.3 is 5.97 Å². The number of carbonyl (C=O) groups is 1. The monoisotopic (exact) mass is 303 g/mol. The maximum atomic E-state index is 12.5. The van der Waals surface area contributed by atoms with Crippen LogP contribution in [0.2, 0.25) is 0 Å². The van der Waals surface area contributed by atoms with Gasteiger partial charge in [0.15, 0.2) is 0 Å². The average molecular weight is 303 g/mol. The molecule has 0 N–H and O–H groups in total. The Balaban J connectivity index is 2.27. The number of hydrogen-bond donors (Lipinski definition) is 0. The smallest absolute Gasteiger partial charge is 0.340 e. The highest BCUT2D eigenvalue weighted by atomic mass is 16.5. The molecule has 0 fully saturated rings. The number of fused-ring (bicyclic) bond motifs is 6. The molecule has 4 aromatic rings. The fourth-order valence-corrected chi connectivity index (χ4v) is 3.38. The van der Waals surface area contributed by atoms with Crippen molar-refractivity contribution in [1.29, 1.82) is 0 Å². The molecule has 114 valence electrons. The molecule has 0 unspecified atom stereocenters. The van der Waals surface area contributed by atoms with Crippen LogP contribution in [0, 0.1) is 6.92 Å². The SMILES string of the molecule is CCOC(=O)c1c(C)cn2c3ccccc3c3ccccc3c12. The molecule has 2 aromatic carbocycles. The van der Waals surface area contributed by atoms with Gasteiger partial charge in [0.25, 0.3) is 0 Å². The molecule has 3 heteroatoms. The fourth-order valence-electron chi connectivity index (χ4n) is 3.38. The molecule has 0 bridgehead atoms. The molecule has 2 heterocycles. The van der Waals surface area contributed by atoms with Gasteiger partial charge in [-0.3, -0.25) is 0 Å². The van der Waals surface area contributed by atoms with Crippen molar-refractivity contribution < 1.29 is 9.53 Å². The topological polar surface area (TPSA) is 30.7 Å². The molecule has 0 aliphatic carbocycles. The highest BCUT2D eigenvalue weighted by molar-refractivity contribution is 6.17. The first-order valence-electron chi connectivity index (χ1n) is 7.80. The predicted octanol–water partition coefficient (Wildman–Crippen LogP) is 4.73. The zero-order valence-corrected chi connectivity index (χ0v) is 13.2. The lowest BCUT2D eigenvalue weighted by atomic mass is 10.0. The maximum Gasteiger partial charge on any atom is 0.340 e. The Bertz CT molecular complexity index is 1060. The van der Waals surface area contributed by atoms with Crippen LogP contribution >= 0.6 is 0 Å². The lowest BCUT2D eigenvalue weighted by Crippen LogP contribution is -2.06. The van der Waals surface area contributed by atoms with Crippen molar-refractivity contribution in [2.75, 3.05) is 6.61 Å². The summed E-state index contributed by atoms with van der Waals surface area (Å²) in [5.41, 5.74) is 3.62. The van der Waals surface area contributed by atoms with Crippen LogP contribution in [-0.4, -0.2) is 17.0 Å². The average Bonchev–Trinajstić information content (AvgIpc) is 2.93. The number of aryl methyl sites for hydroxylation is 1. The zero-order valence-electron chi connectivity index (χ0n) is 13.2. The number of hydrogen-bond acceptors (Lipinski definition) is 2. The van der Waals surface area contributed by atoms with Crippen molar-refractivity contribution in [2.24, 2.45) is 0 Å². The van der Waals surface area contributed by atoms with Crippen LogP contribution in [-0.2, 0) is 4.74 Å². The van der Waals surface area contributed by atoms with Crippen molar-refractivity contribution >= 4 is 33.2 Å². The molecule has 0 saturated heterocycles. The summed E-state index contributed by atoms with van der Waals surface area (Å²) < 4.78 is 7.39. The quantitative estimate of drug-likeness (QED) is 0.396. The van der Waals surface area contributed by atoms with E-state index in [0.717, 1.165) is 27.4 Å². The lowest BCUT2D eigenvalue weighted by molar-refractivity contribution is 0.0528. The first-order valence-corrected chi connectivity index (χ1v) is 7.80. The molecular formula is C20H17NO2. The van der Waals surface area contributed by atoms with Crippen LogP contribution in [0.15, 0.2) is 54.7 Å². The molecule has 0 aliphatic heterocycles. The van der Waals surface area contributed by atoms with Crippen molar-refractivity contribution in [3.05, 3.63) is 65.9 Å². The fraction of sp³-hybridized carbons (Fsp3) is 0.150. The number of rotatable bonds is 2. The van der Waals surface area contributed by atoms with Crippen LogP contribution in [0.5, 0.6) is 0 Å². The van der Waals surface area contributed by atoms with E-state index < -0.39 is 0 Å². The van der Waals surface area contributed by atoms with E-state index in [2.05, 4.69) is 28.7 Å². The molecule has 3 nitrogen and oxygen atoms in total. The molecule has 0 saturated carbocycles. The van der Waals surface area contributed by atoms with Crippen molar-refractivity contribution in [3.63, 3.8) is 0 Å². The molecule has 0 spiro atoms. The van der Waals surface area contributed by atoms with E-state index in [9.17, 15) is 4.79 Å². The van der Waals surface area contributed by atoms with Gasteiger partial charge in [-0.25, -0.2) is 4.79 Å². The summed E-state index contributed by atoms with van der Waals surface area (Å²) in [6.45, 7) is 4.17. The van der Waals surface area contributed by atoms with Crippen LogP contribution in [0.3, 0.4) is 0 Å². The van der Waals surface area contributed by atoms with Gasteiger partial charge in [-0.15, -0.1) is 0 Å². The van der Waals surface area contributed by atoms with Crippen molar-refractivity contribution in [2.45, 2.75) is 13.8 Å². The molecule has 0 aliphatic rings. The predicted molar refractivity (Wildman–Crippen MR) is 93.1 cm³/mol. The standard InChI is InChI=1S/C20H17NO2/c1-3-23-20(22)18-13(2)12-21-17-11-7-6-9-15(17)14-8-4-5-10-16(14)19(18)21/h4-12H,3H2,1-2H3. The molecule has 0 radical (unpaired) electrons.